The van der Waals surface area contributed by atoms with Crippen LogP contribution in [0.15, 0.2) is 170 Å². The largest absolute Gasteiger partial charge is 0.472 e. The first kappa shape index (κ1) is 93.9. The van der Waals surface area contributed by atoms with E-state index in [1.54, 1.807) is 0 Å². The zero-order chi connectivity index (χ0) is 72.3. The van der Waals surface area contributed by atoms with E-state index in [1.807, 2.05) is 0 Å². The highest BCUT2D eigenvalue weighted by Crippen LogP contribution is 2.45. The predicted octanol–water partition coefficient (Wildman–Crippen LogP) is 21.6. The Bertz CT molecular complexity index is 2480. The van der Waals surface area contributed by atoms with Crippen molar-refractivity contribution in [3.63, 3.8) is 0 Å². The third-order valence-corrected chi connectivity index (χ3v) is 16.8. The fraction of sp³-hybridized carbons (Fsp3) is 0.617. The van der Waals surface area contributed by atoms with Crippen molar-refractivity contribution in [3.05, 3.63) is 170 Å². The molecule has 0 aliphatic rings. The summed E-state index contributed by atoms with van der Waals surface area (Å²) >= 11 is 0. The predicted molar refractivity (Wildman–Crippen MR) is 408 cm³/mol. The Kier molecular flexibility index (Phi) is 69.0. The van der Waals surface area contributed by atoms with Crippen LogP contribution in [0.3, 0.4) is 0 Å². The van der Waals surface area contributed by atoms with E-state index in [0.717, 1.165) is 180 Å². The standard InChI is InChI=1S/C81H132O16P2/c1-4-7-10-13-16-19-22-25-28-31-33-35-36-37-38-40-42-44-46-49-52-55-58-61-64-67-79(84)91-70-76(82)71-93-98(87,88)94-72-77(83)73-95-99(89,90)96-75-78(97-81(86)69-66-63-60-57-54-51-48-43-30-27-24-21-18-15-12-9-6-3)74-92-80(85)68-65-62-59-56-53-50-47-45-41-39-34-32-29-26-23-20-17-14-11-8-5-2/h7-12,16-21,25-30,33-35,37-39,45,47-48,51,76-78,82-83H,4-6,13-15,22-24,31-32,36,40-44,46,49-50,52-75H2,1-3H3,(H,87,88)(H,89,90)/b10-7-,11-8-,12-9-,19-16-,20-17-,21-18-,28-25-,29-26-,30-27-,35-33-,38-37-,39-34-,47-45-,51-48-. The van der Waals surface area contributed by atoms with Gasteiger partial charge in [0.1, 0.15) is 25.4 Å². The quantitative estimate of drug-likeness (QED) is 0.0146. The Morgan fingerprint density at radius 2 is 0.505 bits per heavy atom. The average molecular weight is 1420 g/mol. The highest BCUT2D eigenvalue weighted by molar-refractivity contribution is 7.47. The Balaban J connectivity index is 4.69. The second kappa shape index (κ2) is 72.7. The average Bonchev–Trinajstić information content (AvgIpc) is 2.07. The molecule has 16 nitrogen and oxygen atoms in total. The maximum absolute atomic E-state index is 13.0. The number of carbonyl (C=O) groups excluding carboxylic acids is 3. The monoisotopic (exact) mass is 1420 g/mol. The number of esters is 3. The zero-order valence-corrected chi connectivity index (χ0v) is 62.9. The molecule has 0 heterocycles. The van der Waals surface area contributed by atoms with Crippen LogP contribution in [0.5, 0.6) is 0 Å². The first-order valence-corrected chi connectivity index (χ1v) is 40.4. The molecule has 0 saturated carbocycles. The summed E-state index contributed by atoms with van der Waals surface area (Å²) in [7, 11) is -9.82. The van der Waals surface area contributed by atoms with Crippen molar-refractivity contribution in [2.45, 2.75) is 283 Å². The van der Waals surface area contributed by atoms with Gasteiger partial charge in [0.15, 0.2) is 6.10 Å². The number of hydrogen-bond acceptors (Lipinski definition) is 14. The Morgan fingerprint density at radius 1 is 0.283 bits per heavy atom. The molecular weight excluding hydrogens is 1290 g/mol. The van der Waals surface area contributed by atoms with Gasteiger partial charge < -0.3 is 34.2 Å². The molecule has 0 spiro atoms. The minimum absolute atomic E-state index is 0.0653. The zero-order valence-electron chi connectivity index (χ0n) is 61.1. The van der Waals surface area contributed by atoms with Gasteiger partial charge in [-0.1, -0.05) is 268 Å². The van der Waals surface area contributed by atoms with Crippen molar-refractivity contribution in [2.24, 2.45) is 0 Å². The van der Waals surface area contributed by atoms with Gasteiger partial charge in [0.05, 0.1) is 26.4 Å². The van der Waals surface area contributed by atoms with Gasteiger partial charge in [-0.15, -0.1) is 0 Å². The van der Waals surface area contributed by atoms with Crippen molar-refractivity contribution in [2.75, 3.05) is 39.6 Å². The Labute approximate surface area is 599 Å². The summed E-state index contributed by atoms with van der Waals surface area (Å²) in [4.78, 5) is 58.6. The molecule has 562 valence electrons. The summed E-state index contributed by atoms with van der Waals surface area (Å²) in [5, 5.41) is 20.6. The molecular formula is C81H132O16P2. The molecule has 0 rings (SSSR count). The highest BCUT2D eigenvalue weighted by atomic mass is 31.2. The van der Waals surface area contributed by atoms with Crippen molar-refractivity contribution < 1.29 is 75.8 Å². The highest BCUT2D eigenvalue weighted by Gasteiger charge is 2.29. The number of carbonyl (C=O) groups is 3. The molecule has 0 aliphatic heterocycles. The van der Waals surface area contributed by atoms with Crippen LogP contribution in [0, 0.1) is 0 Å². The van der Waals surface area contributed by atoms with Gasteiger partial charge in [-0.25, -0.2) is 9.13 Å². The van der Waals surface area contributed by atoms with Gasteiger partial charge in [0, 0.05) is 19.3 Å². The molecule has 99 heavy (non-hydrogen) atoms. The molecule has 0 bridgehead atoms. The molecule has 0 aromatic heterocycles. The summed E-state index contributed by atoms with van der Waals surface area (Å²) in [6, 6.07) is 0. The molecule has 0 aliphatic carbocycles. The van der Waals surface area contributed by atoms with E-state index >= 15 is 0 Å². The van der Waals surface area contributed by atoms with Crippen LogP contribution in [0.2, 0.25) is 0 Å². The lowest BCUT2D eigenvalue weighted by molar-refractivity contribution is -0.161. The van der Waals surface area contributed by atoms with Gasteiger partial charge in [0.2, 0.25) is 0 Å². The molecule has 4 N–H and O–H groups in total. The third-order valence-electron chi connectivity index (χ3n) is 14.9. The fourth-order valence-electron chi connectivity index (χ4n) is 9.32. The number of phosphoric acid groups is 2. The van der Waals surface area contributed by atoms with E-state index in [0.29, 0.717) is 19.3 Å². The molecule has 0 aromatic carbocycles. The number of rotatable bonds is 69. The lowest BCUT2D eigenvalue weighted by atomic mass is 10.1. The lowest BCUT2D eigenvalue weighted by Gasteiger charge is -2.21. The van der Waals surface area contributed by atoms with E-state index in [4.69, 9.17) is 32.3 Å². The van der Waals surface area contributed by atoms with Gasteiger partial charge in [-0.3, -0.25) is 32.5 Å². The summed E-state index contributed by atoms with van der Waals surface area (Å²) in [5.41, 5.74) is 0. The molecule has 0 fully saturated rings. The molecule has 0 saturated heterocycles. The van der Waals surface area contributed by atoms with E-state index in [2.05, 4.69) is 191 Å². The smallest absolute Gasteiger partial charge is 0.463 e. The van der Waals surface area contributed by atoms with Crippen LogP contribution in [0.25, 0.3) is 0 Å². The molecule has 0 radical (unpaired) electrons. The molecule has 5 atom stereocenters. The molecule has 0 aromatic rings. The molecule has 18 heteroatoms. The summed E-state index contributed by atoms with van der Waals surface area (Å²) in [5.74, 6) is -1.64. The molecule has 0 amide bonds. The number of allylic oxidation sites excluding steroid dienone is 28. The van der Waals surface area contributed by atoms with Crippen LogP contribution in [0.4, 0.5) is 0 Å². The summed E-state index contributed by atoms with van der Waals surface area (Å²) < 4.78 is 61.0. The van der Waals surface area contributed by atoms with E-state index < -0.39 is 91.5 Å². The van der Waals surface area contributed by atoms with E-state index in [1.165, 1.54) is 25.7 Å². The van der Waals surface area contributed by atoms with Gasteiger partial charge in [-0.05, 0) is 148 Å². The van der Waals surface area contributed by atoms with Crippen molar-refractivity contribution in [3.8, 4) is 0 Å². The number of aliphatic hydroxyl groups excluding tert-OH is 2. The van der Waals surface area contributed by atoms with Crippen molar-refractivity contribution in [1.82, 2.24) is 0 Å². The van der Waals surface area contributed by atoms with Crippen LogP contribution in [-0.4, -0.2) is 95.9 Å². The first-order valence-electron chi connectivity index (χ1n) is 37.4. The molecule has 5 unspecified atom stereocenters. The topological polar surface area (TPSA) is 231 Å². The van der Waals surface area contributed by atoms with Crippen LogP contribution in [0.1, 0.15) is 265 Å². The third kappa shape index (κ3) is 73.9. The fourth-order valence-corrected chi connectivity index (χ4v) is 10.9. The maximum Gasteiger partial charge on any atom is 0.472 e. The van der Waals surface area contributed by atoms with Crippen LogP contribution < -0.4 is 0 Å². The number of ether oxygens (including phenoxy) is 3. The summed E-state index contributed by atoms with van der Waals surface area (Å²) in [6.45, 7) is 2.26. The number of aliphatic hydroxyl groups is 2. The van der Waals surface area contributed by atoms with E-state index in [9.17, 15) is 43.5 Å². The van der Waals surface area contributed by atoms with Crippen molar-refractivity contribution >= 4 is 33.6 Å². The normalized spacial score (nSPS) is 15.0. The van der Waals surface area contributed by atoms with Crippen LogP contribution >= 0.6 is 15.6 Å². The van der Waals surface area contributed by atoms with E-state index in [-0.39, 0.29) is 19.3 Å². The summed E-state index contributed by atoms with van der Waals surface area (Å²) in [6.07, 6.45) is 91.1. The minimum Gasteiger partial charge on any atom is -0.463 e. The Morgan fingerprint density at radius 3 is 0.798 bits per heavy atom. The van der Waals surface area contributed by atoms with Gasteiger partial charge >= 0.3 is 33.6 Å². The maximum atomic E-state index is 13.0. The number of unbranched alkanes of at least 4 members (excludes halogenated alkanes) is 18. The van der Waals surface area contributed by atoms with Gasteiger partial charge in [-0.2, -0.15) is 0 Å². The lowest BCUT2D eigenvalue weighted by Crippen LogP contribution is -2.30. The van der Waals surface area contributed by atoms with Crippen LogP contribution in [-0.2, 0) is 55.8 Å². The second-order valence-electron chi connectivity index (χ2n) is 24.3. The van der Waals surface area contributed by atoms with Crippen molar-refractivity contribution in [1.29, 1.82) is 0 Å². The SMILES string of the molecule is CC/C=C\C/C=C\C/C=C\C/C=C\C/C=C\CCCCCCCCCCCC(=O)OCC(O)COP(=O)(O)OCC(O)COP(=O)(O)OCC(COC(=O)CCCCCCC/C=C\C/C=C\C/C=C\C/C=C\C/C=C\CC)OC(=O)CCCCCC/C=C\C/C=C\C/C=C\C/C=C\CC. The number of phosphoric ester groups is 2. The Hall–Kier alpha value is -5.09. The number of hydrogen-bond donors (Lipinski definition) is 4. The second-order valence-corrected chi connectivity index (χ2v) is 27.2. The first-order chi connectivity index (χ1) is 48.2. The minimum atomic E-state index is -4.95. The van der Waals surface area contributed by atoms with Gasteiger partial charge in [0.25, 0.3) is 0 Å².